The summed E-state index contributed by atoms with van der Waals surface area (Å²) in [4.78, 5) is 15.5. The first-order valence-electron chi connectivity index (χ1n) is 9.80. The molecule has 0 spiro atoms. The van der Waals surface area contributed by atoms with Crippen LogP contribution in [-0.4, -0.2) is 11.3 Å². The first-order chi connectivity index (χ1) is 15.2. The molecule has 1 aromatic heterocycles. The second-order valence-electron chi connectivity index (χ2n) is 6.94. The third kappa shape index (κ3) is 5.30. The third-order valence-electron chi connectivity index (χ3n) is 4.74. The van der Waals surface area contributed by atoms with Gasteiger partial charge in [0, 0.05) is 24.0 Å². The van der Waals surface area contributed by atoms with E-state index in [1.807, 2.05) is 42.5 Å². The van der Waals surface area contributed by atoms with Crippen molar-refractivity contribution in [1.29, 1.82) is 0 Å². The van der Waals surface area contributed by atoms with E-state index in [9.17, 15) is 4.79 Å². The SMILES string of the molecule is O=Cc1cc(Cl)c(OCc2cccc(-c3ccccc3)c2)cc1OCc1cccnc1. The number of rotatable bonds is 8. The zero-order valence-electron chi connectivity index (χ0n) is 16.7. The average molecular weight is 430 g/mol. The molecule has 0 aliphatic heterocycles. The lowest BCUT2D eigenvalue weighted by atomic mass is 10.0. The molecule has 0 atom stereocenters. The predicted molar refractivity (Wildman–Crippen MR) is 122 cm³/mol. The van der Waals surface area contributed by atoms with Gasteiger partial charge in [-0.15, -0.1) is 0 Å². The number of hydrogen-bond donors (Lipinski definition) is 0. The maximum absolute atomic E-state index is 11.5. The summed E-state index contributed by atoms with van der Waals surface area (Å²) >= 11 is 6.34. The number of nitrogens with zero attached hydrogens (tertiary/aromatic N) is 1. The van der Waals surface area contributed by atoms with Gasteiger partial charge < -0.3 is 9.47 Å². The van der Waals surface area contributed by atoms with Crippen molar-refractivity contribution < 1.29 is 14.3 Å². The van der Waals surface area contributed by atoms with Gasteiger partial charge in [0.25, 0.3) is 0 Å². The van der Waals surface area contributed by atoms with Crippen molar-refractivity contribution in [1.82, 2.24) is 4.98 Å². The number of aldehydes is 1. The number of halogens is 1. The fraction of sp³-hybridized carbons (Fsp3) is 0.0769. The van der Waals surface area contributed by atoms with Crippen LogP contribution >= 0.6 is 11.6 Å². The lowest BCUT2D eigenvalue weighted by Crippen LogP contribution is -2.01. The van der Waals surface area contributed by atoms with E-state index < -0.39 is 0 Å². The Bertz CT molecular complexity index is 1160. The monoisotopic (exact) mass is 429 g/mol. The fourth-order valence-electron chi connectivity index (χ4n) is 3.15. The second kappa shape index (κ2) is 9.92. The van der Waals surface area contributed by atoms with Crippen LogP contribution in [0.3, 0.4) is 0 Å². The highest BCUT2D eigenvalue weighted by Gasteiger charge is 2.12. The molecular formula is C26H20ClNO3. The number of carbonyl (C=O) groups is 1. The third-order valence-corrected chi connectivity index (χ3v) is 5.03. The first kappa shape index (κ1) is 20.6. The van der Waals surface area contributed by atoms with Gasteiger partial charge in [-0.3, -0.25) is 9.78 Å². The second-order valence-corrected chi connectivity index (χ2v) is 7.35. The quantitative estimate of drug-likeness (QED) is 0.305. The van der Waals surface area contributed by atoms with Gasteiger partial charge in [-0.25, -0.2) is 0 Å². The van der Waals surface area contributed by atoms with Crippen LogP contribution in [-0.2, 0) is 13.2 Å². The minimum absolute atomic E-state index is 0.287. The largest absolute Gasteiger partial charge is 0.488 e. The van der Waals surface area contributed by atoms with E-state index in [0.29, 0.717) is 28.7 Å². The molecule has 31 heavy (non-hydrogen) atoms. The zero-order valence-corrected chi connectivity index (χ0v) is 17.5. The molecule has 3 aromatic carbocycles. The number of hydrogen-bond acceptors (Lipinski definition) is 4. The molecule has 0 fully saturated rings. The van der Waals surface area contributed by atoms with Crippen LogP contribution in [0.5, 0.6) is 11.5 Å². The summed E-state index contributed by atoms with van der Waals surface area (Å²) in [5.74, 6) is 0.870. The molecule has 5 heteroatoms. The molecule has 4 nitrogen and oxygen atoms in total. The highest BCUT2D eigenvalue weighted by atomic mass is 35.5. The summed E-state index contributed by atoms with van der Waals surface area (Å²) in [6.45, 7) is 0.623. The molecule has 0 radical (unpaired) electrons. The number of benzene rings is 3. The molecule has 1 heterocycles. The minimum atomic E-state index is 0.287. The van der Waals surface area contributed by atoms with Crippen molar-refractivity contribution >= 4 is 17.9 Å². The van der Waals surface area contributed by atoms with Crippen molar-refractivity contribution in [2.45, 2.75) is 13.2 Å². The molecule has 0 N–H and O–H groups in total. The van der Waals surface area contributed by atoms with Crippen LogP contribution < -0.4 is 9.47 Å². The Morgan fingerprint density at radius 3 is 2.29 bits per heavy atom. The normalized spacial score (nSPS) is 10.5. The molecule has 4 rings (SSSR count). The Morgan fingerprint density at radius 1 is 0.774 bits per heavy atom. The molecule has 0 saturated carbocycles. The van der Waals surface area contributed by atoms with Crippen LogP contribution in [0.15, 0.2) is 91.3 Å². The van der Waals surface area contributed by atoms with Crippen molar-refractivity contribution in [3.8, 4) is 22.6 Å². The molecule has 0 aliphatic carbocycles. The highest BCUT2D eigenvalue weighted by molar-refractivity contribution is 6.32. The van der Waals surface area contributed by atoms with Crippen LogP contribution in [0.25, 0.3) is 11.1 Å². The van der Waals surface area contributed by atoms with E-state index in [1.165, 1.54) is 0 Å². The van der Waals surface area contributed by atoms with Gasteiger partial charge in [0.1, 0.15) is 24.7 Å². The standard InChI is InChI=1S/C26H20ClNO3/c27-24-13-23(16-29)25(30-18-20-7-5-11-28-15-20)14-26(24)31-17-19-6-4-10-22(12-19)21-8-2-1-3-9-21/h1-16H,17-18H2. The lowest BCUT2D eigenvalue weighted by Gasteiger charge is -2.14. The summed E-state index contributed by atoms with van der Waals surface area (Å²) in [5, 5.41) is 0.357. The van der Waals surface area contributed by atoms with Gasteiger partial charge in [0.15, 0.2) is 6.29 Å². The smallest absolute Gasteiger partial charge is 0.153 e. The molecule has 0 saturated heterocycles. The number of ether oxygens (including phenoxy) is 2. The summed E-state index contributed by atoms with van der Waals surface area (Å²) in [6.07, 6.45) is 4.13. The average Bonchev–Trinajstić information content (AvgIpc) is 2.83. The molecule has 4 aromatic rings. The number of pyridine rings is 1. The van der Waals surface area contributed by atoms with Crippen LogP contribution in [0.1, 0.15) is 21.5 Å². The highest BCUT2D eigenvalue weighted by Crippen LogP contribution is 2.33. The van der Waals surface area contributed by atoms with Crippen molar-refractivity contribution in [2.75, 3.05) is 0 Å². The molecule has 0 aliphatic rings. The van der Waals surface area contributed by atoms with Gasteiger partial charge >= 0.3 is 0 Å². The number of aromatic nitrogens is 1. The Balaban J connectivity index is 1.50. The van der Waals surface area contributed by atoms with Crippen LogP contribution in [0.4, 0.5) is 0 Å². The topological polar surface area (TPSA) is 48.4 Å². The Kier molecular flexibility index (Phi) is 6.60. The molecular weight excluding hydrogens is 410 g/mol. The van der Waals surface area contributed by atoms with Gasteiger partial charge in [-0.1, -0.05) is 66.2 Å². The molecule has 0 bridgehead atoms. The fourth-order valence-corrected chi connectivity index (χ4v) is 3.38. The van der Waals surface area contributed by atoms with E-state index in [2.05, 4.69) is 29.2 Å². The van der Waals surface area contributed by atoms with Crippen LogP contribution in [0, 0.1) is 0 Å². The molecule has 154 valence electrons. The Hall–Kier alpha value is -3.63. The molecule has 0 amide bonds. The first-order valence-corrected chi connectivity index (χ1v) is 10.2. The lowest BCUT2D eigenvalue weighted by molar-refractivity contribution is 0.111. The maximum atomic E-state index is 11.5. The zero-order chi connectivity index (χ0) is 21.5. The van der Waals surface area contributed by atoms with Crippen molar-refractivity contribution in [2.24, 2.45) is 0 Å². The summed E-state index contributed by atoms with van der Waals surface area (Å²) in [5.41, 5.74) is 4.53. The van der Waals surface area contributed by atoms with E-state index in [-0.39, 0.29) is 6.61 Å². The van der Waals surface area contributed by atoms with E-state index in [4.69, 9.17) is 21.1 Å². The van der Waals surface area contributed by atoms with E-state index >= 15 is 0 Å². The Labute approximate surface area is 186 Å². The summed E-state index contributed by atoms with van der Waals surface area (Å²) < 4.78 is 11.8. The summed E-state index contributed by atoms with van der Waals surface area (Å²) in [6, 6.07) is 25.3. The predicted octanol–water partition coefficient (Wildman–Crippen LogP) is 6.37. The van der Waals surface area contributed by atoms with Gasteiger partial charge in [0.05, 0.1) is 10.6 Å². The Morgan fingerprint density at radius 2 is 1.52 bits per heavy atom. The number of carbonyl (C=O) groups excluding carboxylic acids is 1. The molecule has 0 unspecified atom stereocenters. The van der Waals surface area contributed by atoms with Gasteiger partial charge in [-0.05, 0) is 34.9 Å². The van der Waals surface area contributed by atoms with E-state index in [1.54, 1.807) is 24.5 Å². The summed E-state index contributed by atoms with van der Waals surface area (Å²) in [7, 11) is 0. The van der Waals surface area contributed by atoms with Crippen molar-refractivity contribution in [3.05, 3.63) is 113 Å². The van der Waals surface area contributed by atoms with Crippen molar-refractivity contribution in [3.63, 3.8) is 0 Å². The van der Waals surface area contributed by atoms with Gasteiger partial charge in [-0.2, -0.15) is 0 Å². The van der Waals surface area contributed by atoms with E-state index in [0.717, 1.165) is 28.5 Å². The minimum Gasteiger partial charge on any atom is -0.488 e. The van der Waals surface area contributed by atoms with Crippen LogP contribution in [0.2, 0.25) is 5.02 Å². The maximum Gasteiger partial charge on any atom is 0.153 e. The van der Waals surface area contributed by atoms with Gasteiger partial charge in [0.2, 0.25) is 0 Å².